The number of rotatable bonds is 35. The van der Waals surface area contributed by atoms with E-state index >= 15 is 0 Å². The highest BCUT2D eigenvalue weighted by Gasteiger charge is 2.31. The van der Waals surface area contributed by atoms with Crippen LogP contribution in [0, 0.1) is 5.92 Å². The molecule has 274 valence electrons. The minimum absolute atomic E-state index is 0.0746. The molecule has 0 bridgehead atoms. The maximum atomic E-state index is 13.2. The fourth-order valence-electron chi connectivity index (χ4n) is 6.13. The molecule has 0 heterocycles. The SMILES string of the molecule is CCCCCCCCCCCCCCCC(=O)C(CCCCCCCCCCCCCC)C(=O)NCC(O)C(O)C(O)C(O)CO. The maximum Gasteiger partial charge on any atom is 0.230 e. The number of unbranched alkanes of at least 4 members (excludes halogenated alkanes) is 23. The van der Waals surface area contributed by atoms with Gasteiger partial charge in [-0.15, -0.1) is 0 Å². The van der Waals surface area contributed by atoms with E-state index in [9.17, 15) is 30.0 Å². The zero-order valence-electron chi connectivity index (χ0n) is 29.9. The number of carbonyl (C=O) groups excluding carboxylic acids is 2. The van der Waals surface area contributed by atoms with Gasteiger partial charge in [0.2, 0.25) is 5.91 Å². The first-order valence-corrected chi connectivity index (χ1v) is 19.4. The van der Waals surface area contributed by atoms with E-state index in [1.807, 2.05) is 0 Å². The first kappa shape index (κ1) is 44.9. The number of hydrogen-bond donors (Lipinski definition) is 6. The number of ketones is 1. The lowest BCUT2D eigenvalue weighted by molar-refractivity contribution is -0.136. The number of amides is 1. The average Bonchev–Trinajstić information content (AvgIpc) is 3.06. The standard InChI is InChI=1S/C38H75NO7/c1-3-5-7-9-11-13-15-17-19-21-23-25-27-29-33(41)32(28-26-24-22-20-18-16-14-12-10-8-6-4-2)38(46)39-30-34(42)36(44)37(45)35(43)31-40/h32,34-37,40,42-45H,3-31H2,1-2H3,(H,39,46). The lowest BCUT2D eigenvalue weighted by Crippen LogP contribution is -2.50. The predicted molar refractivity (Wildman–Crippen MR) is 189 cm³/mol. The Labute approximate surface area is 282 Å². The molecule has 0 spiro atoms. The van der Waals surface area contributed by atoms with Crippen molar-refractivity contribution in [2.24, 2.45) is 5.92 Å². The van der Waals surface area contributed by atoms with Crippen molar-refractivity contribution in [2.75, 3.05) is 13.2 Å². The summed E-state index contributed by atoms with van der Waals surface area (Å²) in [5, 5.41) is 51.3. The summed E-state index contributed by atoms with van der Waals surface area (Å²) in [6, 6.07) is 0. The highest BCUT2D eigenvalue weighted by molar-refractivity contribution is 6.01. The van der Waals surface area contributed by atoms with E-state index in [4.69, 9.17) is 5.11 Å². The van der Waals surface area contributed by atoms with Gasteiger partial charge in [0.1, 0.15) is 24.1 Å². The lowest BCUT2D eigenvalue weighted by Gasteiger charge is -2.26. The Kier molecular flexibility index (Phi) is 31.7. The second-order valence-electron chi connectivity index (χ2n) is 13.7. The van der Waals surface area contributed by atoms with Gasteiger partial charge in [0.15, 0.2) is 0 Å². The van der Waals surface area contributed by atoms with E-state index in [1.165, 1.54) is 122 Å². The average molecular weight is 658 g/mol. The minimum atomic E-state index is -1.76. The third-order valence-corrected chi connectivity index (χ3v) is 9.39. The Balaban J connectivity index is 4.50. The molecule has 8 heteroatoms. The van der Waals surface area contributed by atoms with Gasteiger partial charge in [0.25, 0.3) is 0 Å². The van der Waals surface area contributed by atoms with Gasteiger partial charge in [-0.25, -0.2) is 0 Å². The largest absolute Gasteiger partial charge is 0.394 e. The molecule has 0 rings (SSSR count). The van der Waals surface area contributed by atoms with Gasteiger partial charge in [-0.2, -0.15) is 0 Å². The molecule has 1 amide bonds. The highest BCUT2D eigenvalue weighted by Crippen LogP contribution is 2.19. The summed E-state index contributed by atoms with van der Waals surface area (Å²) in [5.41, 5.74) is 0. The van der Waals surface area contributed by atoms with Crippen LogP contribution in [0.15, 0.2) is 0 Å². The monoisotopic (exact) mass is 658 g/mol. The molecular formula is C38H75NO7. The molecule has 0 aromatic rings. The molecule has 0 aliphatic carbocycles. The Morgan fingerprint density at radius 1 is 0.500 bits per heavy atom. The molecule has 0 aromatic carbocycles. The van der Waals surface area contributed by atoms with Crippen molar-refractivity contribution in [3.8, 4) is 0 Å². The van der Waals surface area contributed by atoms with E-state index in [0.717, 1.165) is 38.5 Å². The van der Waals surface area contributed by atoms with Crippen LogP contribution in [-0.4, -0.2) is 74.8 Å². The van der Waals surface area contributed by atoms with Gasteiger partial charge in [-0.05, 0) is 12.8 Å². The summed E-state index contributed by atoms with van der Waals surface area (Å²) >= 11 is 0. The first-order chi connectivity index (χ1) is 22.3. The number of carbonyl (C=O) groups is 2. The number of nitrogens with one attached hydrogen (secondary N) is 1. The molecule has 0 saturated carbocycles. The molecular weight excluding hydrogens is 582 g/mol. The van der Waals surface area contributed by atoms with Crippen LogP contribution in [0.4, 0.5) is 0 Å². The van der Waals surface area contributed by atoms with E-state index < -0.39 is 42.8 Å². The van der Waals surface area contributed by atoms with Crippen LogP contribution < -0.4 is 5.32 Å². The molecule has 6 N–H and O–H groups in total. The van der Waals surface area contributed by atoms with E-state index in [0.29, 0.717) is 12.8 Å². The van der Waals surface area contributed by atoms with Crippen LogP contribution in [-0.2, 0) is 9.59 Å². The van der Waals surface area contributed by atoms with Gasteiger partial charge in [-0.3, -0.25) is 9.59 Å². The summed E-state index contributed by atoms with van der Waals surface area (Å²) in [6.45, 7) is 3.35. The molecule has 5 atom stereocenters. The molecule has 0 aliphatic heterocycles. The van der Waals surface area contributed by atoms with Crippen molar-refractivity contribution < 1.29 is 35.1 Å². The smallest absolute Gasteiger partial charge is 0.230 e. The summed E-state index contributed by atoms with van der Waals surface area (Å²) in [4.78, 5) is 26.2. The van der Waals surface area contributed by atoms with Crippen molar-refractivity contribution >= 4 is 11.7 Å². The van der Waals surface area contributed by atoms with Crippen molar-refractivity contribution in [3.05, 3.63) is 0 Å². The quantitative estimate of drug-likeness (QED) is 0.0310. The summed E-state index contributed by atoms with van der Waals surface area (Å²) < 4.78 is 0. The molecule has 0 fully saturated rings. The molecule has 0 radical (unpaired) electrons. The Bertz CT molecular complexity index is 692. The van der Waals surface area contributed by atoms with Crippen molar-refractivity contribution in [1.82, 2.24) is 5.32 Å². The van der Waals surface area contributed by atoms with E-state index in [1.54, 1.807) is 0 Å². The van der Waals surface area contributed by atoms with Crippen LogP contribution in [0.3, 0.4) is 0 Å². The van der Waals surface area contributed by atoms with Gasteiger partial charge in [-0.1, -0.05) is 168 Å². The van der Waals surface area contributed by atoms with Gasteiger partial charge >= 0.3 is 0 Å². The van der Waals surface area contributed by atoms with Crippen LogP contribution >= 0.6 is 0 Å². The zero-order valence-corrected chi connectivity index (χ0v) is 29.9. The summed E-state index contributed by atoms with van der Waals surface area (Å²) in [5.74, 6) is -1.33. The molecule has 5 unspecified atom stereocenters. The third-order valence-electron chi connectivity index (χ3n) is 9.39. The second-order valence-corrected chi connectivity index (χ2v) is 13.7. The van der Waals surface area contributed by atoms with Crippen LogP contribution in [0.25, 0.3) is 0 Å². The molecule has 0 saturated heterocycles. The molecule has 8 nitrogen and oxygen atoms in total. The maximum absolute atomic E-state index is 13.2. The lowest BCUT2D eigenvalue weighted by atomic mass is 9.91. The van der Waals surface area contributed by atoms with E-state index in [2.05, 4.69) is 19.2 Å². The third kappa shape index (κ3) is 25.0. The minimum Gasteiger partial charge on any atom is -0.394 e. The summed E-state index contributed by atoms with van der Waals surface area (Å²) in [6.07, 6.45) is 24.5. The van der Waals surface area contributed by atoms with Crippen molar-refractivity contribution in [3.63, 3.8) is 0 Å². The van der Waals surface area contributed by atoms with Crippen molar-refractivity contribution in [2.45, 2.75) is 212 Å². The fourth-order valence-corrected chi connectivity index (χ4v) is 6.13. The van der Waals surface area contributed by atoms with Crippen LogP contribution in [0.5, 0.6) is 0 Å². The second kappa shape index (κ2) is 32.5. The molecule has 0 aliphatic rings. The zero-order chi connectivity index (χ0) is 34.3. The summed E-state index contributed by atoms with van der Waals surface area (Å²) in [7, 11) is 0. The molecule has 46 heavy (non-hydrogen) atoms. The van der Waals surface area contributed by atoms with Gasteiger partial charge in [0.05, 0.1) is 18.6 Å². The van der Waals surface area contributed by atoms with Crippen molar-refractivity contribution in [1.29, 1.82) is 0 Å². The van der Waals surface area contributed by atoms with Crippen LogP contribution in [0.2, 0.25) is 0 Å². The fraction of sp³-hybridized carbons (Fsp3) is 0.947. The normalized spacial score (nSPS) is 14.9. The first-order valence-electron chi connectivity index (χ1n) is 19.4. The molecule has 0 aromatic heterocycles. The Hall–Kier alpha value is -1.06. The number of aliphatic hydroxyl groups excluding tert-OH is 5. The number of Topliss-reactive ketones (excluding diaryl/α,β-unsaturated/α-hetero) is 1. The van der Waals surface area contributed by atoms with Crippen LogP contribution in [0.1, 0.15) is 187 Å². The highest BCUT2D eigenvalue weighted by atomic mass is 16.4. The number of hydrogen-bond acceptors (Lipinski definition) is 7. The Morgan fingerprint density at radius 3 is 1.24 bits per heavy atom. The topological polar surface area (TPSA) is 147 Å². The van der Waals surface area contributed by atoms with Gasteiger partial charge < -0.3 is 30.8 Å². The Morgan fingerprint density at radius 2 is 0.848 bits per heavy atom. The number of aliphatic hydroxyl groups is 5. The van der Waals surface area contributed by atoms with E-state index in [-0.39, 0.29) is 12.3 Å². The van der Waals surface area contributed by atoms with Gasteiger partial charge in [0, 0.05) is 13.0 Å². The predicted octanol–water partition coefficient (Wildman–Crippen LogP) is 7.30.